The van der Waals surface area contributed by atoms with Crippen molar-refractivity contribution >= 4 is 11.6 Å². The number of methoxy groups -OCH3 is 1. The summed E-state index contributed by atoms with van der Waals surface area (Å²) in [5, 5.41) is 8.54. The van der Waals surface area contributed by atoms with E-state index in [2.05, 4.69) is 53.9 Å². The van der Waals surface area contributed by atoms with Crippen molar-refractivity contribution in [1.29, 1.82) is 0 Å². The molecule has 1 aromatic carbocycles. The van der Waals surface area contributed by atoms with E-state index in [0.29, 0.717) is 5.57 Å². The summed E-state index contributed by atoms with van der Waals surface area (Å²) in [4.78, 5) is 14.9. The highest BCUT2D eigenvalue weighted by Crippen LogP contribution is 2.29. The minimum Gasteiger partial charge on any atom is -0.380 e. The SMILES string of the molecule is COC1CCN(C2NC(=O)C3=CN(c4c(C)cc(C)cc4C)NC3N2)C1. The first-order valence-electron chi connectivity index (χ1n) is 9.15. The topological polar surface area (TPSA) is 68.9 Å². The predicted molar refractivity (Wildman–Crippen MR) is 100 cm³/mol. The van der Waals surface area contributed by atoms with E-state index in [0.717, 1.165) is 25.2 Å². The van der Waals surface area contributed by atoms with Crippen LogP contribution in [0.2, 0.25) is 0 Å². The zero-order valence-electron chi connectivity index (χ0n) is 15.8. The molecular weight excluding hydrogens is 330 g/mol. The number of anilines is 1. The average molecular weight is 357 g/mol. The Balaban J connectivity index is 1.53. The second-order valence-electron chi connectivity index (χ2n) is 7.45. The number of rotatable bonds is 3. The zero-order chi connectivity index (χ0) is 18.4. The van der Waals surface area contributed by atoms with Crippen molar-refractivity contribution in [2.75, 3.05) is 25.2 Å². The molecule has 7 heteroatoms. The smallest absolute Gasteiger partial charge is 0.254 e. The van der Waals surface area contributed by atoms with E-state index in [9.17, 15) is 4.79 Å². The molecule has 3 aliphatic heterocycles. The molecule has 2 saturated heterocycles. The second-order valence-corrected chi connectivity index (χ2v) is 7.45. The molecule has 1 amide bonds. The summed E-state index contributed by atoms with van der Waals surface area (Å²) in [6.45, 7) is 8.02. The molecule has 0 bridgehead atoms. The Labute approximate surface area is 154 Å². The number of amides is 1. The maximum absolute atomic E-state index is 12.7. The molecule has 0 radical (unpaired) electrons. The van der Waals surface area contributed by atoms with Crippen molar-refractivity contribution < 1.29 is 9.53 Å². The van der Waals surface area contributed by atoms with Crippen LogP contribution in [0.1, 0.15) is 23.1 Å². The molecule has 3 unspecified atom stereocenters. The third kappa shape index (κ3) is 3.01. The number of likely N-dealkylation sites (tertiary alicyclic amines) is 1. The lowest BCUT2D eigenvalue weighted by atomic mass is 10.0. The van der Waals surface area contributed by atoms with Crippen LogP contribution in [0.15, 0.2) is 23.9 Å². The number of nitrogens with one attached hydrogen (secondary N) is 3. The van der Waals surface area contributed by atoms with E-state index in [-0.39, 0.29) is 24.5 Å². The minimum absolute atomic E-state index is 0.0305. The van der Waals surface area contributed by atoms with Gasteiger partial charge in [0.1, 0.15) is 12.5 Å². The van der Waals surface area contributed by atoms with Gasteiger partial charge in [-0.25, -0.2) is 5.43 Å². The Hall–Kier alpha value is -1.93. The van der Waals surface area contributed by atoms with Gasteiger partial charge in [0.25, 0.3) is 5.91 Å². The Morgan fingerprint density at radius 1 is 1.19 bits per heavy atom. The van der Waals surface area contributed by atoms with E-state index in [1.807, 2.05) is 11.2 Å². The van der Waals surface area contributed by atoms with Gasteiger partial charge < -0.3 is 10.1 Å². The van der Waals surface area contributed by atoms with Gasteiger partial charge in [-0.2, -0.15) is 0 Å². The van der Waals surface area contributed by atoms with Crippen LogP contribution in [-0.2, 0) is 9.53 Å². The molecule has 3 heterocycles. The molecule has 1 aromatic rings. The van der Waals surface area contributed by atoms with Gasteiger partial charge in [-0.3, -0.25) is 20.0 Å². The normalized spacial score (nSPS) is 28.9. The fourth-order valence-electron chi connectivity index (χ4n) is 4.24. The molecular formula is C19H27N5O2. The molecule has 0 aromatic heterocycles. The molecule has 4 rings (SSSR count). The first kappa shape index (κ1) is 17.5. The lowest BCUT2D eigenvalue weighted by Crippen LogP contribution is -2.66. The molecule has 140 valence electrons. The monoisotopic (exact) mass is 357 g/mol. The molecule has 2 fully saturated rings. The predicted octanol–water partition coefficient (Wildman–Crippen LogP) is 0.870. The van der Waals surface area contributed by atoms with Crippen molar-refractivity contribution in [1.82, 2.24) is 21.0 Å². The van der Waals surface area contributed by atoms with Crippen molar-refractivity contribution in [3.63, 3.8) is 0 Å². The van der Waals surface area contributed by atoms with Gasteiger partial charge in [0.2, 0.25) is 0 Å². The first-order chi connectivity index (χ1) is 12.5. The zero-order valence-corrected chi connectivity index (χ0v) is 15.8. The van der Waals surface area contributed by atoms with Crippen molar-refractivity contribution in [3.8, 4) is 0 Å². The molecule has 0 aliphatic carbocycles. The van der Waals surface area contributed by atoms with E-state index in [4.69, 9.17) is 4.74 Å². The summed E-state index contributed by atoms with van der Waals surface area (Å²) in [5.41, 5.74) is 8.85. The van der Waals surface area contributed by atoms with Gasteiger partial charge in [0, 0.05) is 26.4 Å². The summed E-state index contributed by atoms with van der Waals surface area (Å²) in [6, 6.07) is 4.33. The maximum atomic E-state index is 12.7. The number of benzene rings is 1. The fourth-order valence-corrected chi connectivity index (χ4v) is 4.24. The van der Waals surface area contributed by atoms with Crippen molar-refractivity contribution in [2.45, 2.75) is 45.8 Å². The van der Waals surface area contributed by atoms with E-state index in [1.165, 1.54) is 16.7 Å². The largest absolute Gasteiger partial charge is 0.380 e. The standard InChI is InChI=1S/C19H27N5O2/c1-11-7-12(2)16(13(3)8-11)24-10-15-17(22-24)20-19(21-18(15)25)23-6-5-14(9-23)26-4/h7-8,10,14,17,19-20,22H,5-6,9H2,1-4H3,(H,21,25). The summed E-state index contributed by atoms with van der Waals surface area (Å²) < 4.78 is 5.44. The van der Waals surface area contributed by atoms with Crippen LogP contribution < -0.4 is 21.1 Å². The molecule has 26 heavy (non-hydrogen) atoms. The quantitative estimate of drug-likeness (QED) is 0.746. The molecule has 3 atom stereocenters. The van der Waals surface area contributed by atoms with Crippen LogP contribution in [0.4, 0.5) is 5.69 Å². The van der Waals surface area contributed by atoms with Gasteiger partial charge in [-0.15, -0.1) is 0 Å². The number of aryl methyl sites for hydroxylation is 3. The van der Waals surface area contributed by atoms with Gasteiger partial charge in [0.15, 0.2) is 0 Å². The van der Waals surface area contributed by atoms with E-state index < -0.39 is 0 Å². The summed E-state index contributed by atoms with van der Waals surface area (Å²) in [7, 11) is 1.74. The van der Waals surface area contributed by atoms with Gasteiger partial charge in [0.05, 0.1) is 17.4 Å². The number of hydrogen-bond donors (Lipinski definition) is 3. The van der Waals surface area contributed by atoms with Crippen LogP contribution >= 0.6 is 0 Å². The number of carbonyl (C=O) groups is 1. The molecule has 3 aliphatic rings. The van der Waals surface area contributed by atoms with Gasteiger partial charge in [-0.05, 0) is 38.3 Å². The van der Waals surface area contributed by atoms with Gasteiger partial charge in [-0.1, -0.05) is 17.7 Å². The highest BCUT2D eigenvalue weighted by molar-refractivity contribution is 5.97. The summed E-state index contributed by atoms with van der Waals surface area (Å²) in [5.74, 6) is -0.0305. The van der Waals surface area contributed by atoms with Crippen molar-refractivity contribution in [2.24, 2.45) is 0 Å². The van der Waals surface area contributed by atoms with E-state index in [1.54, 1.807) is 7.11 Å². The number of hydrogen-bond acceptors (Lipinski definition) is 6. The Bertz CT molecular complexity index is 739. The highest BCUT2D eigenvalue weighted by atomic mass is 16.5. The Morgan fingerprint density at radius 2 is 1.92 bits per heavy atom. The average Bonchev–Trinajstić information content (AvgIpc) is 3.20. The lowest BCUT2D eigenvalue weighted by molar-refractivity contribution is -0.122. The van der Waals surface area contributed by atoms with Crippen LogP contribution in [0.3, 0.4) is 0 Å². The van der Waals surface area contributed by atoms with Crippen LogP contribution in [0, 0.1) is 20.8 Å². The first-order valence-corrected chi connectivity index (χ1v) is 9.15. The van der Waals surface area contributed by atoms with Crippen LogP contribution in [-0.4, -0.2) is 49.6 Å². The molecule has 0 spiro atoms. The summed E-state index contributed by atoms with van der Waals surface area (Å²) >= 11 is 0. The molecule has 3 N–H and O–H groups in total. The molecule has 7 nitrogen and oxygen atoms in total. The van der Waals surface area contributed by atoms with Crippen molar-refractivity contribution in [3.05, 3.63) is 40.6 Å². The number of nitrogens with zero attached hydrogens (tertiary/aromatic N) is 2. The fraction of sp³-hybridized carbons (Fsp3) is 0.526. The van der Waals surface area contributed by atoms with Crippen LogP contribution in [0.25, 0.3) is 0 Å². The Kier molecular flexibility index (Phi) is 4.48. The number of carbonyl (C=O) groups excluding carboxylic acids is 1. The highest BCUT2D eigenvalue weighted by Gasteiger charge is 2.40. The van der Waals surface area contributed by atoms with Crippen LogP contribution in [0.5, 0.6) is 0 Å². The molecule has 0 saturated carbocycles. The maximum Gasteiger partial charge on any atom is 0.254 e. The lowest BCUT2D eigenvalue weighted by Gasteiger charge is -2.36. The third-order valence-corrected chi connectivity index (χ3v) is 5.45. The minimum atomic E-state index is -0.199. The number of hydrazine groups is 1. The Morgan fingerprint density at radius 3 is 2.58 bits per heavy atom. The summed E-state index contributed by atoms with van der Waals surface area (Å²) in [6.07, 6.45) is 2.74. The number of ether oxygens (including phenoxy) is 1. The van der Waals surface area contributed by atoms with Gasteiger partial charge >= 0.3 is 0 Å². The number of fused-ring (bicyclic) bond motifs is 1. The van der Waals surface area contributed by atoms with E-state index >= 15 is 0 Å². The second kappa shape index (κ2) is 6.66. The third-order valence-electron chi connectivity index (χ3n) is 5.45.